The van der Waals surface area contributed by atoms with Crippen LogP contribution in [-0.4, -0.2) is 31.0 Å². The predicted molar refractivity (Wildman–Crippen MR) is 62.3 cm³/mol. The number of hydrogen-bond donors (Lipinski definition) is 2. The number of amides is 1. The van der Waals surface area contributed by atoms with Crippen molar-refractivity contribution in [2.24, 2.45) is 11.5 Å². The second-order valence-corrected chi connectivity index (χ2v) is 5.52. The van der Waals surface area contributed by atoms with Crippen LogP contribution >= 0.6 is 0 Å². The van der Waals surface area contributed by atoms with Crippen LogP contribution in [-0.2, 0) is 14.6 Å². The molecule has 1 amide bonds. The van der Waals surface area contributed by atoms with Crippen LogP contribution in [0.15, 0.2) is 29.2 Å². The van der Waals surface area contributed by atoms with Gasteiger partial charge in [0.05, 0.1) is 16.7 Å². The van der Waals surface area contributed by atoms with Crippen molar-refractivity contribution in [2.75, 3.05) is 5.75 Å². The number of nitro groups is 1. The van der Waals surface area contributed by atoms with Crippen molar-refractivity contribution < 1.29 is 18.1 Å². The number of benzene rings is 1. The molecule has 0 bridgehead atoms. The molecule has 0 aromatic heterocycles. The van der Waals surface area contributed by atoms with E-state index in [0.29, 0.717) is 0 Å². The maximum absolute atomic E-state index is 11.9. The zero-order chi connectivity index (χ0) is 13.9. The average Bonchev–Trinajstić information content (AvgIpc) is 2.28. The zero-order valence-electron chi connectivity index (χ0n) is 9.15. The van der Waals surface area contributed by atoms with Gasteiger partial charge in [0.25, 0.3) is 5.69 Å². The number of nitrogens with two attached hydrogens (primary N) is 2. The molecular formula is C9H11N3O5S. The first-order valence-corrected chi connectivity index (χ1v) is 6.42. The number of sulfone groups is 1. The highest BCUT2D eigenvalue weighted by molar-refractivity contribution is 7.91. The van der Waals surface area contributed by atoms with Crippen molar-refractivity contribution in [2.45, 2.75) is 10.9 Å². The first-order valence-electron chi connectivity index (χ1n) is 4.77. The van der Waals surface area contributed by atoms with Gasteiger partial charge in [-0.25, -0.2) is 8.42 Å². The standard InChI is InChI=1S/C9H11N3O5S/c10-6(9(11)13)5-18(16,17)8-4-2-1-3-7(8)12(14)15/h1-4,6H,5,10H2,(H2,11,13). The molecule has 8 nitrogen and oxygen atoms in total. The van der Waals surface area contributed by atoms with Crippen molar-refractivity contribution >= 4 is 21.4 Å². The maximum Gasteiger partial charge on any atom is 0.287 e. The normalized spacial score (nSPS) is 12.9. The van der Waals surface area contributed by atoms with E-state index >= 15 is 0 Å². The molecule has 1 atom stereocenters. The molecule has 0 saturated carbocycles. The summed E-state index contributed by atoms with van der Waals surface area (Å²) in [6.07, 6.45) is 0. The smallest absolute Gasteiger partial charge is 0.287 e. The number of nitro benzene ring substituents is 1. The highest BCUT2D eigenvalue weighted by Crippen LogP contribution is 2.24. The van der Waals surface area contributed by atoms with E-state index in [1.54, 1.807) is 0 Å². The van der Waals surface area contributed by atoms with Crippen LogP contribution in [0.2, 0.25) is 0 Å². The quantitative estimate of drug-likeness (QED) is 0.529. The van der Waals surface area contributed by atoms with Crippen LogP contribution in [0.3, 0.4) is 0 Å². The molecule has 0 aliphatic heterocycles. The molecule has 4 N–H and O–H groups in total. The summed E-state index contributed by atoms with van der Waals surface area (Å²) in [6.45, 7) is 0. The van der Waals surface area contributed by atoms with Crippen molar-refractivity contribution in [1.29, 1.82) is 0 Å². The summed E-state index contributed by atoms with van der Waals surface area (Å²) in [5.41, 5.74) is 9.54. The van der Waals surface area contributed by atoms with Gasteiger partial charge >= 0.3 is 0 Å². The summed E-state index contributed by atoms with van der Waals surface area (Å²) in [7, 11) is -4.05. The Bertz CT molecular complexity index is 584. The lowest BCUT2D eigenvalue weighted by Crippen LogP contribution is -2.41. The number of carbonyl (C=O) groups excluding carboxylic acids is 1. The maximum atomic E-state index is 11.9. The average molecular weight is 273 g/mol. The molecule has 1 rings (SSSR count). The number of nitrogens with zero attached hydrogens (tertiary/aromatic N) is 1. The molecule has 1 unspecified atom stereocenters. The molecule has 9 heteroatoms. The molecule has 1 aromatic rings. The summed E-state index contributed by atoms with van der Waals surface area (Å²) in [5, 5.41) is 10.7. The third-order valence-electron chi connectivity index (χ3n) is 2.16. The van der Waals surface area contributed by atoms with E-state index < -0.39 is 43.0 Å². The first kappa shape index (κ1) is 14.1. The van der Waals surface area contributed by atoms with Crippen LogP contribution in [0.1, 0.15) is 0 Å². The van der Waals surface area contributed by atoms with Crippen molar-refractivity contribution in [3.05, 3.63) is 34.4 Å². The molecule has 0 saturated heterocycles. The summed E-state index contributed by atoms with van der Waals surface area (Å²) in [5.74, 6) is -1.76. The third-order valence-corrected chi connectivity index (χ3v) is 3.97. The fraction of sp³-hybridized carbons (Fsp3) is 0.222. The Kier molecular flexibility index (Phi) is 3.99. The highest BCUT2D eigenvalue weighted by Gasteiger charge is 2.28. The molecule has 0 aliphatic carbocycles. The van der Waals surface area contributed by atoms with E-state index in [-0.39, 0.29) is 0 Å². The summed E-state index contributed by atoms with van der Waals surface area (Å²) in [6, 6.07) is 3.42. The number of para-hydroxylation sites is 1. The zero-order valence-corrected chi connectivity index (χ0v) is 9.96. The van der Waals surface area contributed by atoms with Gasteiger partial charge in [0.2, 0.25) is 5.91 Å². The van der Waals surface area contributed by atoms with E-state index in [4.69, 9.17) is 11.5 Å². The Labute approximate surface area is 103 Å². The van der Waals surface area contributed by atoms with Crippen LogP contribution in [0.5, 0.6) is 0 Å². The summed E-state index contributed by atoms with van der Waals surface area (Å²) < 4.78 is 23.8. The molecule has 98 valence electrons. The molecule has 18 heavy (non-hydrogen) atoms. The van der Waals surface area contributed by atoms with Gasteiger partial charge in [0.1, 0.15) is 4.90 Å². The van der Waals surface area contributed by atoms with Gasteiger partial charge in [-0.15, -0.1) is 0 Å². The Morgan fingerprint density at radius 1 is 1.39 bits per heavy atom. The molecule has 0 heterocycles. The van der Waals surface area contributed by atoms with Gasteiger partial charge in [-0.05, 0) is 6.07 Å². The lowest BCUT2D eigenvalue weighted by atomic mass is 10.3. The second kappa shape index (κ2) is 5.10. The number of primary amides is 1. The monoisotopic (exact) mass is 273 g/mol. The number of hydrogen-bond acceptors (Lipinski definition) is 6. The van der Waals surface area contributed by atoms with E-state index in [1.807, 2.05) is 0 Å². The minimum Gasteiger partial charge on any atom is -0.368 e. The van der Waals surface area contributed by atoms with E-state index in [0.717, 1.165) is 12.1 Å². The lowest BCUT2D eigenvalue weighted by molar-refractivity contribution is -0.387. The van der Waals surface area contributed by atoms with Crippen LogP contribution < -0.4 is 11.5 Å². The van der Waals surface area contributed by atoms with Crippen molar-refractivity contribution in [3.8, 4) is 0 Å². The van der Waals surface area contributed by atoms with Gasteiger partial charge < -0.3 is 11.5 Å². The van der Waals surface area contributed by atoms with Crippen LogP contribution in [0, 0.1) is 10.1 Å². The molecule has 0 fully saturated rings. The molecular weight excluding hydrogens is 262 g/mol. The van der Waals surface area contributed by atoms with Gasteiger partial charge in [-0.1, -0.05) is 12.1 Å². The largest absolute Gasteiger partial charge is 0.368 e. The SMILES string of the molecule is NC(=O)C(N)CS(=O)(=O)c1ccccc1[N+](=O)[O-]. The second-order valence-electron chi connectivity index (χ2n) is 3.52. The fourth-order valence-electron chi connectivity index (χ4n) is 1.28. The molecule has 0 radical (unpaired) electrons. The summed E-state index contributed by atoms with van der Waals surface area (Å²) in [4.78, 5) is 20.1. The van der Waals surface area contributed by atoms with Crippen LogP contribution in [0.25, 0.3) is 0 Å². The Balaban J connectivity index is 3.21. The Morgan fingerprint density at radius 2 is 1.94 bits per heavy atom. The number of rotatable bonds is 5. The Morgan fingerprint density at radius 3 is 2.44 bits per heavy atom. The first-order chi connectivity index (χ1) is 8.25. The van der Waals surface area contributed by atoms with Gasteiger partial charge in [0, 0.05) is 6.07 Å². The molecule has 0 aliphatic rings. The van der Waals surface area contributed by atoms with E-state index in [1.165, 1.54) is 12.1 Å². The topological polar surface area (TPSA) is 146 Å². The predicted octanol–water partition coefficient (Wildman–Crippen LogP) is -0.819. The van der Waals surface area contributed by atoms with E-state index in [9.17, 15) is 23.3 Å². The van der Waals surface area contributed by atoms with Gasteiger partial charge in [0.15, 0.2) is 9.84 Å². The number of carbonyl (C=O) groups is 1. The van der Waals surface area contributed by atoms with Crippen LogP contribution in [0.4, 0.5) is 5.69 Å². The lowest BCUT2D eigenvalue weighted by Gasteiger charge is -2.08. The van der Waals surface area contributed by atoms with Crippen molar-refractivity contribution in [3.63, 3.8) is 0 Å². The third kappa shape index (κ3) is 3.02. The van der Waals surface area contributed by atoms with E-state index in [2.05, 4.69) is 0 Å². The highest BCUT2D eigenvalue weighted by atomic mass is 32.2. The molecule has 1 aromatic carbocycles. The minimum absolute atomic E-state index is 0.480. The van der Waals surface area contributed by atoms with Crippen molar-refractivity contribution in [1.82, 2.24) is 0 Å². The van der Waals surface area contributed by atoms with Gasteiger partial charge in [-0.2, -0.15) is 0 Å². The molecule has 0 spiro atoms. The Hall–Kier alpha value is -2.00. The fourth-order valence-corrected chi connectivity index (χ4v) is 2.84. The minimum atomic E-state index is -4.05. The summed E-state index contributed by atoms with van der Waals surface area (Å²) >= 11 is 0. The van der Waals surface area contributed by atoms with Gasteiger partial charge in [-0.3, -0.25) is 14.9 Å².